The minimum atomic E-state index is -0.408. The molecule has 1 heterocycles. The van der Waals surface area contributed by atoms with Crippen LogP contribution in [0.3, 0.4) is 0 Å². The van der Waals surface area contributed by atoms with Crippen LogP contribution in [0.4, 0.5) is 0 Å². The van der Waals surface area contributed by atoms with Gasteiger partial charge in [0.25, 0.3) is 0 Å². The average Bonchev–Trinajstić information content (AvgIpc) is 2.74. The lowest BCUT2D eigenvalue weighted by Gasteiger charge is -2.10. The maximum Gasteiger partial charge on any atom is 0.0986 e. The quantitative estimate of drug-likeness (QED) is 0.824. The molecule has 2 aromatic rings. The Balaban J connectivity index is 2.00. The summed E-state index contributed by atoms with van der Waals surface area (Å²) in [5.74, 6) is 0.684. The summed E-state index contributed by atoms with van der Waals surface area (Å²) in [4.78, 5) is 2.24. The number of aliphatic hydroxyl groups is 1. The fourth-order valence-electron chi connectivity index (χ4n) is 1.51. The summed E-state index contributed by atoms with van der Waals surface area (Å²) in [6.45, 7) is 2.09. The maximum atomic E-state index is 10.1. The predicted octanol–water partition coefficient (Wildman–Crippen LogP) is 4.64. The van der Waals surface area contributed by atoms with Crippen LogP contribution in [-0.4, -0.2) is 10.9 Å². The van der Waals surface area contributed by atoms with Crippen molar-refractivity contribution in [3.8, 4) is 0 Å². The van der Waals surface area contributed by atoms with E-state index in [9.17, 15) is 5.11 Å². The van der Waals surface area contributed by atoms with Gasteiger partial charge in [0.2, 0.25) is 0 Å². The van der Waals surface area contributed by atoms with Crippen LogP contribution in [0, 0.1) is 6.92 Å². The van der Waals surface area contributed by atoms with E-state index >= 15 is 0 Å². The van der Waals surface area contributed by atoms with Crippen LogP contribution in [0.1, 0.15) is 16.5 Å². The largest absolute Gasteiger partial charge is 0.387 e. The first-order valence-corrected chi connectivity index (χ1v) is 7.93. The molecule has 0 amide bonds. The van der Waals surface area contributed by atoms with E-state index in [1.54, 1.807) is 23.1 Å². The van der Waals surface area contributed by atoms with Crippen molar-refractivity contribution in [3.05, 3.63) is 50.6 Å². The molecule has 4 heteroatoms. The van der Waals surface area contributed by atoms with Crippen LogP contribution in [0.25, 0.3) is 0 Å². The number of benzene rings is 1. The number of aliphatic hydroxyl groups excluding tert-OH is 1. The van der Waals surface area contributed by atoms with Crippen molar-refractivity contribution in [2.75, 3.05) is 5.75 Å². The second-order valence-electron chi connectivity index (χ2n) is 3.73. The van der Waals surface area contributed by atoms with Gasteiger partial charge in [-0.3, -0.25) is 0 Å². The van der Waals surface area contributed by atoms with Crippen molar-refractivity contribution in [2.45, 2.75) is 17.9 Å². The fraction of sp³-hybridized carbons (Fsp3) is 0.231. The van der Waals surface area contributed by atoms with E-state index < -0.39 is 6.10 Å². The topological polar surface area (TPSA) is 20.2 Å². The molecule has 1 atom stereocenters. The first-order valence-electron chi connectivity index (χ1n) is 5.28. The molecule has 2 rings (SSSR count). The number of thioether (sulfide) groups is 1. The van der Waals surface area contributed by atoms with Crippen LogP contribution in [0.15, 0.2) is 45.1 Å². The van der Waals surface area contributed by atoms with Crippen LogP contribution in [0.2, 0.25) is 0 Å². The summed E-state index contributed by atoms with van der Waals surface area (Å²) >= 11 is 6.73. The van der Waals surface area contributed by atoms with E-state index in [2.05, 4.69) is 35.0 Å². The third-order valence-electron chi connectivity index (χ3n) is 2.44. The van der Waals surface area contributed by atoms with Crippen molar-refractivity contribution >= 4 is 39.0 Å². The van der Waals surface area contributed by atoms with Crippen molar-refractivity contribution < 1.29 is 5.11 Å². The zero-order chi connectivity index (χ0) is 12.3. The Labute approximate surface area is 118 Å². The van der Waals surface area contributed by atoms with Gasteiger partial charge in [-0.05, 0) is 45.9 Å². The summed E-state index contributed by atoms with van der Waals surface area (Å²) < 4.78 is 1.00. The third-order valence-corrected chi connectivity index (χ3v) is 5.66. The number of thiophene rings is 1. The highest BCUT2D eigenvalue weighted by Gasteiger charge is 2.13. The fourth-order valence-corrected chi connectivity index (χ4v) is 4.21. The number of aryl methyl sites for hydroxylation is 1. The molecular weight excluding hydrogens is 316 g/mol. The Kier molecular flexibility index (Phi) is 4.68. The predicted molar refractivity (Wildman–Crippen MR) is 78.9 cm³/mol. The molecule has 0 saturated heterocycles. The average molecular weight is 329 g/mol. The minimum absolute atomic E-state index is 0.408. The molecule has 1 N–H and O–H groups in total. The van der Waals surface area contributed by atoms with Gasteiger partial charge >= 0.3 is 0 Å². The zero-order valence-electron chi connectivity index (χ0n) is 9.39. The Hall–Kier alpha value is -0.290. The SMILES string of the molecule is Cc1ccccc1SCC(O)c1sccc1Br. The monoisotopic (exact) mass is 328 g/mol. The van der Waals surface area contributed by atoms with E-state index in [-0.39, 0.29) is 0 Å². The lowest BCUT2D eigenvalue weighted by atomic mass is 10.2. The van der Waals surface area contributed by atoms with Gasteiger partial charge in [-0.2, -0.15) is 0 Å². The molecule has 0 saturated carbocycles. The van der Waals surface area contributed by atoms with E-state index in [4.69, 9.17) is 0 Å². The van der Waals surface area contributed by atoms with Gasteiger partial charge in [0, 0.05) is 20.0 Å². The van der Waals surface area contributed by atoms with Crippen LogP contribution in [-0.2, 0) is 0 Å². The number of hydrogen-bond donors (Lipinski definition) is 1. The van der Waals surface area contributed by atoms with Gasteiger partial charge in [0.1, 0.15) is 0 Å². The molecule has 0 aliphatic carbocycles. The minimum Gasteiger partial charge on any atom is -0.387 e. The molecule has 0 bridgehead atoms. The lowest BCUT2D eigenvalue weighted by molar-refractivity contribution is 0.207. The summed E-state index contributed by atoms with van der Waals surface area (Å²) in [5.41, 5.74) is 1.26. The smallest absolute Gasteiger partial charge is 0.0986 e. The molecule has 0 fully saturated rings. The first-order chi connectivity index (χ1) is 8.18. The van der Waals surface area contributed by atoms with E-state index in [1.807, 2.05) is 23.6 Å². The van der Waals surface area contributed by atoms with Crippen molar-refractivity contribution in [1.82, 2.24) is 0 Å². The molecule has 0 radical (unpaired) electrons. The highest BCUT2D eigenvalue weighted by Crippen LogP contribution is 2.33. The number of hydrogen-bond acceptors (Lipinski definition) is 3. The highest BCUT2D eigenvalue weighted by molar-refractivity contribution is 9.10. The van der Waals surface area contributed by atoms with Crippen LogP contribution >= 0.6 is 39.0 Å². The van der Waals surface area contributed by atoms with E-state index in [0.29, 0.717) is 5.75 Å². The standard InChI is InChI=1S/C13H13BrOS2/c1-9-4-2-3-5-12(9)17-8-11(15)13-10(14)6-7-16-13/h2-7,11,15H,8H2,1H3. The Morgan fingerprint density at radius 2 is 2.12 bits per heavy atom. The number of halogens is 1. The van der Waals surface area contributed by atoms with E-state index in [1.165, 1.54) is 10.5 Å². The third kappa shape index (κ3) is 3.35. The maximum absolute atomic E-state index is 10.1. The number of rotatable bonds is 4. The van der Waals surface area contributed by atoms with Crippen molar-refractivity contribution in [2.24, 2.45) is 0 Å². The van der Waals surface area contributed by atoms with Crippen LogP contribution < -0.4 is 0 Å². The van der Waals surface area contributed by atoms with Crippen molar-refractivity contribution in [1.29, 1.82) is 0 Å². The van der Waals surface area contributed by atoms with Crippen LogP contribution in [0.5, 0.6) is 0 Å². The van der Waals surface area contributed by atoms with Gasteiger partial charge in [0.15, 0.2) is 0 Å². The molecule has 17 heavy (non-hydrogen) atoms. The van der Waals surface area contributed by atoms with Gasteiger partial charge in [-0.25, -0.2) is 0 Å². The second-order valence-corrected chi connectivity index (χ2v) is 6.59. The Bertz CT molecular complexity index is 496. The molecular formula is C13H13BrOS2. The first kappa shape index (κ1) is 13.1. The zero-order valence-corrected chi connectivity index (χ0v) is 12.6. The normalized spacial score (nSPS) is 12.6. The Morgan fingerprint density at radius 3 is 2.76 bits per heavy atom. The van der Waals surface area contributed by atoms with Crippen molar-refractivity contribution in [3.63, 3.8) is 0 Å². The summed E-state index contributed by atoms with van der Waals surface area (Å²) in [7, 11) is 0. The molecule has 1 nitrogen and oxygen atoms in total. The van der Waals surface area contributed by atoms with Gasteiger partial charge in [-0.15, -0.1) is 23.1 Å². The molecule has 0 aliphatic rings. The molecule has 0 spiro atoms. The second kappa shape index (κ2) is 6.05. The van der Waals surface area contributed by atoms with Gasteiger partial charge < -0.3 is 5.11 Å². The van der Waals surface area contributed by atoms with Gasteiger partial charge in [0.05, 0.1) is 6.10 Å². The summed E-state index contributed by atoms with van der Waals surface area (Å²) in [5, 5.41) is 12.1. The molecule has 1 unspecified atom stereocenters. The lowest BCUT2D eigenvalue weighted by Crippen LogP contribution is -1.98. The highest BCUT2D eigenvalue weighted by atomic mass is 79.9. The molecule has 0 aliphatic heterocycles. The molecule has 1 aromatic carbocycles. The summed E-state index contributed by atoms with van der Waals surface area (Å²) in [6, 6.07) is 10.2. The Morgan fingerprint density at radius 1 is 1.35 bits per heavy atom. The van der Waals surface area contributed by atoms with E-state index in [0.717, 1.165) is 9.35 Å². The molecule has 90 valence electrons. The summed E-state index contributed by atoms with van der Waals surface area (Å²) in [6.07, 6.45) is -0.408. The van der Waals surface area contributed by atoms with Gasteiger partial charge in [-0.1, -0.05) is 18.2 Å². The molecule has 1 aromatic heterocycles.